The second kappa shape index (κ2) is 6.39. The average molecular weight is 299 g/mol. The summed E-state index contributed by atoms with van der Waals surface area (Å²) >= 11 is 3.33. The van der Waals surface area contributed by atoms with Gasteiger partial charge in [-0.3, -0.25) is 9.59 Å². The number of benzene rings is 1. The van der Waals surface area contributed by atoms with Crippen LogP contribution in [0, 0.1) is 0 Å². The van der Waals surface area contributed by atoms with Gasteiger partial charge in [0.05, 0.1) is 0 Å². The number of carbonyl (C=O) groups excluding carboxylic acids is 2. The van der Waals surface area contributed by atoms with E-state index in [0.717, 1.165) is 10.9 Å². The summed E-state index contributed by atoms with van der Waals surface area (Å²) < 4.78 is 0. The van der Waals surface area contributed by atoms with Crippen molar-refractivity contribution < 1.29 is 9.59 Å². The standard InChI is InChI=1S/C12H15BrN2O2/c1-8(11(16)14-2)15-12(17)10-5-3-9(7-13)4-6-10/h3-6,8H,7H2,1-2H3,(H,14,16)(H,15,17). The van der Waals surface area contributed by atoms with Crippen LogP contribution in [-0.2, 0) is 10.1 Å². The molecule has 92 valence electrons. The number of alkyl halides is 1. The largest absolute Gasteiger partial charge is 0.357 e. The van der Waals surface area contributed by atoms with Crippen LogP contribution < -0.4 is 10.6 Å². The normalized spacial score (nSPS) is 11.7. The van der Waals surface area contributed by atoms with Crippen LogP contribution >= 0.6 is 15.9 Å². The lowest BCUT2D eigenvalue weighted by molar-refractivity contribution is -0.122. The third-order valence-electron chi connectivity index (χ3n) is 2.36. The maximum atomic E-state index is 11.8. The number of hydrogen-bond acceptors (Lipinski definition) is 2. The maximum Gasteiger partial charge on any atom is 0.251 e. The smallest absolute Gasteiger partial charge is 0.251 e. The number of likely N-dealkylation sites (N-methyl/N-ethyl adjacent to an activating group) is 1. The second-order valence-electron chi connectivity index (χ2n) is 3.64. The van der Waals surface area contributed by atoms with E-state index in [4.69, 9.17) is 0 Å². The lowest BCUT2D eigenvalue weighted by Crippen LogP contribution is -2.43. The predicted molar refractivity (Wildman–Crippen MR) is 70.1 cm³/mol. The van der Waals surface area contributed by atoms with Gasteiger partial charge in [-0.05, 0) is 24.6 Å². The second-order valence-corrected chi connectivity index (χ2v) is 4.20. The summed E-state index contributed by atoms with van der Waals surface area (Å²) in [5.41, 5.74) is 1.64. The Bertz CT molecular complexity index is 403. The summed E-state index contributed by atoms with van der Waals surface area (Å²) in [5.74, 6) is -0.461. The molecule has 2 N–H and O–H groups in total. The minimum atomic E-state index is -0.539. The lowest BCUT2D eigenvalue weighted by Gasteiger charge is -2.12. The summed E-state index contributed by atoms with van der Waals surface area (Å²) in [6.45, 7) is 1.64. The van der Waals surface area contributed by atoms with Gasteiger partial charge in [-0.2, -0.15) is 0 Å². The molecule has 0 bridgehead atoms. The molecule has 4 nitrogen and oxygen atoms in total. The molecular formula is C12H15BrN2O2. The zero-order valence-electron chi connectivity index (χ0n) is 9.79. The summed E-state index contributed by atoms with van der Waals surface area (Å²) in [6, 6.07) is 6.68. The van der Waals surface area contributed by atoms with Crippen molar-refractivity contribution in [3.8, 4) is 0 Å². The van der Waals surface area contributed by atoms with Crippen LogP contribution in [0.3, 0.4) is 0 Å². The van der Waals surface area contributed by atoms with Crippen LogP contribution in [0.5, 0.6) is 0 Å². The van der Waals surface area contributed by atoms with Gasteiger partial charge in [0.25, 0.3) is 5.91 Å². The van der Waals surface area contributed by atoms with Gasteiger partial charge in [-0.1, -0.05) is 28.1 Å². The molecule has 17 heavy (non-hydrogen) atoms. The molecule has 1 aromatic rings. The SMILES string of the molecule is CNC(=O)C(C)NC(=O)c1ccc(CBr)cc1. The van der Waals surface area contributed by atoms with Gasteiger partial charge in [-0.25, -0.2) is 0 Å². The van der Waals surface area contributed by atoms with Crippen molar-refractivity contribution in [3.05, 3.63) is 35.4 Å². The maximum absolute atomic E-state index is 11.8. The van der Waals surface area contributed by atoms with E-state index < -0.39 is 6.04 Å². The van der Waals surface area contributed by atoms with E-state index in [9.17, 15) is 9.59 Å². The number of hydrogen-bond donors (Lipinski definition) is 2. The van der Waals surface area contributed by atoms with E-state index in [1.165, 1.54) is 7.05 Å². The summed E-state index contributed by atoms with van der Waals surface area (Å²) in [6.07, 6.45) is 0. The first-order valence-corrected chi connectivity index (χ1v) is 6.38. The number of halogens is 1. The third-order valence-corrected chi connectivity index (χ3v) is 3.01. The molecule has 0 radical (unpaired) electrons. The Hall–Kier alpha value is -1.36. The summed E-state index contributed by atoms with van der Waals surface area (Å²) in [4.78, 5) is 23.0. The first-order valence-electron chi connectivity index (χ1n) is 5.26. The molecular weight excluding hydrogens is 284 g/mol. The van der Waals surface area contributed by atoms with Gasteiger partial charge in [0.15, 0.2) is 0 Å². The van der Waals surface area contributed by atoms with Crippen molar-refractivity contribution in [2.45, 2.75) is 18.3 Å². The molecule has 1 aromatic carbocycles. The van der Waals surface area contributed by atoms with Crippen molar-refractivity contribution >= 4 is 27.7 Å². The Morgan fingerprint density at radius 2 is 1.88 bits per heavy atom. The molecule has 0 heterocycles. The van der Waals surface area contributed by atoms with E-state index in [1.54, 1.807) is 19.1 Å². The molecule has 2 amide bonds. The molecule has 0 aromatic heterocycles. The third kappa shape index (κ3) is 3.85. The van der Waals surface area contributed by atoms with Crippen molar-refractivity contribution in [1.82, 2.24) is 10.6 Å². The first-order chi connectivity index (χ1) is 8.08. The molecule has 5 heteroatoms. The van der Waals surface area contributed by atoms with Crippen LogP contribution in [0.25, 0.3) is 0 Å². The van der Waals surface area contributed by atoms with Gasteiger partial charge in [0.2, 0.25) is 5.91 Å². The van der Waals surface area contributed by atoms with Crippen LogP contribution in [0.2, 0.25) is 0 Å². The fraction of sp³-hybridized carbons (Fsp3) is 0.333. The van der Waals surface area contributed by atoms with Gasteiger partial charge in [0, 0.05) is 17.9 Å². The Kier molecular flexibility index (Phi) is 5.15. The van der Waals surface area contributed by atoms with Crippen molar-refractivity contribution in [2.24, 2.45) is 0 Å². The molecule has 1 unspecified atom stereocenters. The Balaban J connectivity index is 2.66. The van der Waals surface area contributed by atoms with Crippen LogP contribution in [0.1, 0.15) is 22.8 Å². The van der Waals surface area contributed by atoms with E-state index in [-0.39, 0.29) is 11.8 Å². The van der Waals surface area contributed by atoms with Crippen LogP contribution in [0.4, 0.5) is 0 Å². The Labute approximate surface area is 109 Å². The highest BCUT2D eigenvalue weighted by Gasteiger charge is 2.14. The number of rotatable bonds is 4. The van der Waals surface area contributed by atoms with Crippen molar-refractivity contribution in [2.75, 3.05) is 7.05 Å². The number of carbonyl (C=O) groups is 2. The van der Waals surface area contributed by atoms with Gasteiger partial charge in [0.1, 0.15) is 6.04 Å². The molecule has 1 atom stereocenters. The monoisotopic (exact) mass is 298 g/mol. The quantitative estimate of drug-likeness (QED) is 0.827. The van der Waals surface area contributed by atoms with E-state index >= 15 is 0 Å². The molecule has 1 rings (SSSR count). The van der Waals surface area contributed by atoms with E-state index in [2.05, 4.69) is 26.6 Å². The fourth-order valence-electron chi connectivity index (χ4n) is 1.31. The molecule has 0 aliphatic carbocycles. The Morgan fingerprint density at radius 3 is 2.35 bits per heavy atom. The Morgan fingerprint density at radius 1 is 1.29 bits per heavy atom. The van der Waals surface area contributed by atoms with Crippen molar-refractivity contribution in [3.63, 3.8) is 0 Å². The minimum Gasteiger partial charge on any atom is -0.357 e. The fourth-order valence-corrected chi connectivity index (χ4v) is 1.68. The van der Waals surface area contributed by atoms with Crippen LogP contribution in [0.15, 0.2) is 24.3 Å². The highest BCUT2D eigenvalue weighted by Crippen LogP contribution is 2.08. The van der Waals surface area contributed by atoms with Crippen molar-refractivity contribution in [1.29, 1.82) is 0 Å². The molecule has 0 aliphatic rings. The lowest BCUT2D eigenvalue weighted by atomic mass is 10.1. The van der Waals surface area contributed by atoms with E-state index in [1.807, 2.05) is 12.1 Å². The summed E-state index contributed by atoms with van der Waals surface area (Å²) in [5, 5.41) is 5.86. The van der Waals surface area contributed by atoms with Gasteiger partial charge in [-0.15, -0.1) is 0 Å². The van der Waals surface area contributed by atoms with Crippen LogP contribution in [-0.4, -0.2) is 24.9 Å². The highest BCUT2D eigenvalue weighted by molar-refractivity contribution is 9.08. The zero-order chi connectivity index (χ0) is 12.8. The molecule has 0 fully saturated rings. The van der Waals surface area contributed by atoms with E-state index in [0.29, 0.717) is 5.56 Å². The molecule has 0 aliphatic heterocycles. The zero-order valence-corrected chi connectivity index (χ0v) is 11.4. The average Bonchev–Trinajstić information content (AvgIpc) is 2.37. The minimum absolute atomic E-state index is 0.213. The molecule has 0 spiro atoms. The molecule has 0 saturated carbocycles. The predicted octanol–water partition coefficient (Wildman–Crippen LogP) is 1.45. The summed E-state index contributed by atoms with van der Waals surface area (Å²) in [7, 11) is 1.54. The molecule has 0 saturated heterocycles. The first kappa shape index (κ1) is 13.7. The van der Waals surface area contributed by atoms with Gasteiger partial charge < -0.3 is 10.6 Å². The number of amides is 2. The van der Waals surface area contributed by atoms with Gasteiger partial charge >= 0.3 is 0 Å². The number of nitrogens with one attached hydrogen (secondary N) is 2. The highest BCUT2D eigenvalue weighted by atomic mass is 79.9. The topological polar surface area (TPSA) is 58.2 Å².